The van der Waals surface area contributed by atoms with Gasteiger partial charge in [-0.3, -0.25) is 9.78 Å². The maximum atomic E-state index is 12.0. The summed E-state index contributed by atoms with van der Waals surface area (Å²) in [7, 11) is 0. The first-order valence-electron chi connectivity index (χ1n) is 7.74. The van der Waals surface area contributed by atoms with Gasteiger partial charge in [0.05, 0.1) is 24.8 Å². The van der Waals surface area contributed by atoms with Crippen LogP contribution in [0.25, 0.3) is 15.9 Å². The highest BCUT2D eigenvalue weighted by molar-refractivity contribution is 5.96. The first-order valence-corrected chi connectivity index (χ1v) is 7.74. The molecule has 2 N–H and O–H groups in total. The quantitative estimate of drug-likeness (QED) is 0.670. The fourth-order valence-corrected chi connectivity index (χ4v) is 2.89. The van der Waals surface area contributed by atoms with Crippen LogP contribution in [0.15, 0.2) is 18.5 Å². The molecule has 1 fully saturated rings. The molecular weight excluding hydrogens is 294 g/mol. The number of carbonyl (C=O) groups is 1. The van der Waals surface area contributed by atoms with Gasteiger partial charge >= 0.3 is 5.97 Å². The van der Waals surface area contributed by atoms with Gasteiger partial charge in [-0.1, -0.05) is 0 Å². The van der Waals surface area contributed by atoms with E-state index >= 15 is 0 Å². The summed E-state index contributed by atoms with van der Waals surface area (Å²) in [6, 6.07) is 1.89. The van der Waals surface area contributed by atoms with Crippen LogP contribution < -0.4 is 5.43 Å². The summed E-state index contributed by atoms with van der Waals surface area (Å²) >= 11 is 0. The van der Waals surface area contributed by atoms with E-state index in [1.165, 1.54) is 0 Å². The van der Waals surface area contributed by atoms with Crippen molar-refractivity contribution in [3.05, 3.63) is 29.9 Å². The number of nitrogens with one attached hydrogen (secondary N) is 2. The summed E-state index contributed by atoms with van der Waals surface area (Å²) < 4.78 is 5.13. The molecule has 0 spiro atoms. The average Bonchev–Trinajstić information content (AvgIpc) is 3.05. The van der Waals surface area contributed by atoms with Gasteiger partial charge in [0.15, 0.2) is 0 Å². The van der Waals surface area contributed by atoms with Crippen LogP contribution in [0.2, 0.25) is 0 Å². The Labute approximate surface area is 134 Å². The molecule has 23 heavy (non-hydrogen) atoms. The Balaban J connectivity index is 1.80. The van der Waals surface area contributed by atoms with Crippen LogP contribution in [0.5, 0.6) is 0 Å². The standard InChI is InChI=1S/C16H19N5O2/c1-3-23-16(22)11-5-4-8-21(10-11)20-14-12-6-7-18-15(12)19-9-13(14)17-2/h6-7,9,11H,3-5,8,10H2,1H3,(H2,18,19,20)/t11-/m0/s1. The predicted octanol–water partition coefficient (Wildman–Crippen LogP) is 2.72. The number of rotatable bonds is 4. The van der Waals surface area contributed by atoms with Crippen molar-refractivity contribution in [3.8, 4) is 0 Å². The second-order valence-electron chi connectivity index (χ2n) is 5.52. The second kappa shape index (κ2) is 6.67. The Morgan fingerprint density at radius 1 is 1.65 bits per heavy atom. The van der Waals surface area contributed by atoms with Crippen LogP contribution in [0.1, 0.15) is 19.8 Å². The number of nitrogens with zero attached hydrogens (tertiary/aromatic N) is 3. The van der Waals surface area contributed by atoms with Gasteiger partial charge in [0, 0.05) is 30.9 Å². The predicted molar refractivity (Wildman–Crippen MR) is 86.9 cm³/mol. The Hall–Kier alpha value is -2.59. The van der Waals surface area contributed by atoms with E-state index in [1.807, 2.05) is 18.0 Å². The van der Waals surface area contributed by atoms with Crippen LogP contribution in [0.4, 0.5) is 11.4 Å². The Morgan fingerprint density at radius 2 is 2.52 bits per heavy atom. The second-order valence-corrected chi connectivity index (χ2v) is 5.52. The zero-order chi connectivity index (χ0) is 16.2. The molecule has 1 atom stereocenters. The summed E-state index contributed by atoms with van der Waals surface area (Å²) in [5, 5.41) is 2.86. The van der Waals surface area contributed by atoms with Crippen molar-refractivity contribution in [1.29, 1.82) is 0 Å². The minimum absolute atomic E-state index is 0.129. The molecule has 2 aromatic rings. The van der Waals surface area contributed by atoms with Crippen LogP contribution in [0.3, 0.4) is 0 Å². The smallest absolute Gasteiger partial charge is 0.310 e. The fraction of sp³-hybridized carbons (Fsp3) is 0.438. The van der Waals surface area contributed by atoms with Gasteiger partial charge in [0.1, 0.15) is 5.65 Å². The van der Waals surface area contributed by atoms with Gasteiger partial charge < -0.3 is 15.1 Å². The highest BCUT2D eigenvalue weighted by atomic mass is 16.5. The SMILES string of the molecule is [C-]#[N+]c1cnc2[nH]ccc2c1NN1CCC[C@H](C(=O)OCC)C1. The first-order chi connectivity index (χ1) is 11.2. The van der Waals surface area contributed by atoms with Gasteiger partial charge in [-0.25, -0.2) is 9.85 Å². The normalized spacial score (nSPS) is 18.5. The monoisotopic (exact) mass is 313 g/mol. The number of hydrazine groups is 1. The van der Waals surface area contributed by atoms with E-state index in [4.69, 9.17) is 11.3 Å². The van der Waals surface area contributed by atoms with Crippen molar-refractivity contribution in [3.63, 3.8) is 0 Å². The van der Waals surface area contributed by atoms with Gasteiger partial charge in [-0.2, -0.15) is 0 Å². The van der Waals surface area contributed by atoms with Crippen molar-refractivity contribution >= 4 is 28.4 Å². The van der Waals surface area contributed by atoms with Gasteiger partial charge in [-0.15, -0.1) is 0 Å². The number of carbonyl (C=O) groups excluding carboxylic acids is 1. The van der Waals surface area contributed by atoms with Crippen molar-refractivity contribution in [2.24, 2.45) is 5.92 Å². The number of hydrogen-bond donors (Lipinski definition) is 2. The van der Waals surface area contributed by atoms with Crippen LogP contribution in [-0.2, 0) is 9.53 Å². The molecule has 7 heteroatoms. The maximum Gasteiger partial charge on any atom is 0.310 e. The van der Waals surface area contributed by atoms with Gasteiger partial charge in [-0.05, 0) is 25.8 Å². The summed E-state index contributed by atoms with van der Waals surface area (Å²) in [5.74, 6) is -0.276. The molecule has 3 rings (SSSR count). The molecule has 120 valence electrons. The zero-order valence-corrected chi connectivity index (χ0v) is 13.0. The average molecular weight is 313 g/mol. The fourth-order valence-electron chi connectivity index (χ4n) is 2.89. The molecule has 1 aliphatic heterocycles. The summed E-state index contributed by atoms with van der Waals surface area (Å²) in [5.41, 5.74) is 5.24. The van der Waals surface area contributed by atoms with Crippen LogP contribution >= 0.6 is 0 Å². The Kier molecular flexibility index (Phi) is 4.44. The van der Waals surface area contributed by atoms with Crippen LogP contribution in [0, 0.1) is 12.5 Å². The molecule has 0 radical (unpaired) electrons. The van der Waals surface area contributed by atoms with E-state index in [0.717, 1.165) is 36.1 Å². The number of ether oxygens (including phenoxy) is 1. The Morgan fingerprint density at radius 3 is 3.30 bits per heavy atom. The third-order valence-corrected chi connectivity index (χ3v) is 4.00. The number of piperidine rings is 1. The Bertz CT molecular complexity index is 748. The molecule has 7 nitrogen and oxygen atoms in total. The molecule has 0 aliphatic carbocycles. The van der Waals surface area contributed by atoms with E-state index in [0.29, 0.717) is 18.8 Å². The summed E-state index contributed by atoms with van der Waals surface area (Å²) in [6.07, 6.45) is 5.10. The number of anilines is 1. The van der Waals surface area contributed by atoms with Crippen molar-refractivity contribution < 1.29 is 9.53 Å². The summed E-state index contributed by atoms with van der Waals surface area (Å²) in [4.78, 5) is 22.8. The first kappa shape index (κ1) is 15.3. The third kappa shape index (κ3) is 3.12. The van der Waals surface area contributed by atoms with Gasteiger partial charge in [0.2, 0.25) is 5.69 Å². The topological polar surface area (TPSA) is 74.6 Å². The lowest BCUT2D eigenvalue weighted by molar-refractivity contribution is -0.149. The lowest BCUT2D eigenvalue weighted by Crippen LogP contribution is -2.42. The minimum Gasteiger partial charge on any atom is -0.466 e. The molecule has 0 amide bonds. The number of pyridine rings is 1. The highest BCUT2D eigenvalue weighted by Gasteiger charge is 2.27. The van der Waals surface area contributed by atoms with Crippen LogP contribution in [-0.4, -0.2) is 40.6 Å². The van der Waals surface area contributed by atoms with Crippen molar-refractivity contribution in [1.82, 2.24) is 15.0 Å². The summed E-state index contributed by atoms with van der Waals surface area (Å²) in [6.45, 7) is 10.9. The number of H-pyrrole nitrogens is 1. The highest BCUT2D eigenvalue weighted by Crippen LogP contribution is 2.32. The number of aromatic amines is 1. The molecule has 0 aromatic carbocycles. The van der Waals surface area contributed by atoms with E-state index < -0.39 is 0 Å². The molecule has 3 heterocycles. The number of esters is 1. The lowest BCUT2D eigenvalue weighted by Gasteiger charge is -2.32. The lowest BCUT2D eigenvalue weighted by atomic mass is 9.99. The largest absolute Gasteiger partial charge is 0.466 e. The van der Waals surface area contributed by atoms with Crippen molar-refractivity contribution in [2.75, 3.05) is 25.1 Å². The maximum absolute atomic E-state index is 12.0. The molecule has 0 unspecified atom stereocenters. The molecule has 0 bridgehead atoms. The number of fused-ring (bicyclic) bond motifs is 1. The van der Waals surface area contributed by atoms with Crippen molar-refractivity contribution in [2.45, 2.75) is 19.8 Å². The molecule has 1 aliphatic rings. The molecule has 1 saturated heterocycles. The number of aromatic nitrogens is 2. The van der Waals surface area contributed by atoms with E-state index in [1.54, 1.807) is 12.4 Å². The van der Waals surface area contributed by atoms with E-state index in [-0.39, 0.29) is 11.9 Å². The molecule has 2 aromatic heterocycles. The van der Waals surface area contributed by atoms with E-state index in [9.17, 15) is 4.79 Å². The zero-order valence-electron chi connectivity index (χ0n) is 13.0. The van der Waals surface area contributed by atoms with E-state index in [2.05, 4.69) is 20.2 Å². The number of hydrogen-bond acceptors (Lipinski definition) is 5. The molecular formula is C16H19N5O2. The minimum atomic E-state index is -0.147. The van der Waals surface area contributed by atoms with Gasteiger partial charge in [0.25, 0.3) is 0 Å². The third-order valence-electron chi connectivity index (χ3n) is 4.00. The molecule has 0 saturated carbocycles.